The first kappa shape index (κ1) is 8.78. The van der Waals surface area contributed by atoms with Crippen LogP contribution in [0.15, 0.2) is 29.3 Å². The average molecular weight is 212 g/mol. The summed E-state index contributed by atoms with van der Waals surface area (Å²) in [7, 11) is 0. The van der Waals surface area contributed by atoms with Crippen molar-refractivity contribution in [1.82, 2.24) is 0 Å². The Kier molecular flexibility index (Phi) is 2.38. The van der Waals surface area contributed by atoms with Gasteiger partial charge in [-0.3, -0.25) is 4.79 Å². The number of aliphatic imine (C=N–C) groups is 1. The highest BCUT2D eigenvalue weighted by Crippen LogP contribution is 2.21. The van der Waals surface area contributed by atoms with Gasteiger partial charge in [0.1, 0.15) is 5.04 Å². The van der Waals surface area contributed by atoms with Gasteiger partial charge in [-0.05, 0) is 12.1 Å². The van der Waals surface area contributed by atoms with Crippen molar-refractivity contribution in [2.75, 3.05) is 5.75 Å². The molecule has 4 heteroatoms. The van der Waals surface area contributed by atoms with Crippen molar-refractivity contribution in [2.24, 2.45) is 4.99 Å². The molecule has 1 aromatic rings. The van der Waals surface area contributed by atoms with Gasteiger partial charge in [-0.15, -0.1) is 0 Å². The zero-order valence-electron chi connectivity index (χ0n) is 6.66. The van der Waals surface area contributed by atoms with Gasteiger partial charge >= 0.3 is 0 Å². The highest BCUT2D eigenvalue weighted by atomic mass is 35.5. The number of thioether (sulfide) groups is 1. The zero-order chi connectivity index (χ0) is 9.26. The standard InChI is InChI=1S/C9H6ClNOS/c10-7-3-1-6(2-4-7)9-11-8(12)5-13-9/h1-4H,5H2. The lowest BCUT2D eigenvalue weighted by molar-refractivity contribution is -0.115. The van der Waals surface area contributed by atoms with Crippen LogP contribution in [0, 0.1) is 0 Å². The SMILES string of the molecule is O=C1CSC(c2ccc(Cl)cc2)=N1. The first-order valence-corrected chi connectivity index (χ1v) is 5.12. The van der Waals surface area contributed by atoms with Crippen LogP contribution >= 0.6 is 23.4 Å². The molecule has 1 heterocycles. The molecule has 2 nitrogen and oxygen atoms in total. The molecule has 13 heavy (non-hydrogen) atoms. The van der Waals surface area contributed by atoms with E-state index in [0.717, 1.165) is 10.6 Å². The third kappa shape index (κ3) is 1.92. The number of benzene rings is 1. The fourth-order valence-electron chi connectivity index (χ4n) is 1.05. The molecule has 2 rings (SSSR count). The van der Waals surface area contributed by atoms with E-state index in [0.29, 0.717) is 10.8 Å². The minimum atomic E-state index is -0.0602. The minimum absolute atomic E-state index is 0.0602. The van der Waals surface area contributed by atoms with Crippen molar-refractivity contribution in [3.63, 3.8) is 0 Å². The first-order chi connectivity index (χ1) is 6.25. The molecule has 1 aliphatic heterocycles. The maximum Gasteiger partial charge on any atom is 0.257 e. The molecule has 0 saturated carbocycles. The number of amides is 1. The number of hydrogen-bond acceptors (Lipinski definition) is 2. The summed E-state index contributed by atoms with van der Waals surface area (Å²) in [6, 6.07) is 7.32. The van der Waals surface area contributed by atoms with Gasteiger partial charge in [0.25, 0.3) is 5.91 Å². The molecular formula is C9H6ClNOS. The quantitative estimate of drug-likeness (QED) is 0.714. The van der Waals surface area contributed by atoms with E-state index in [1.165, 1.54) is 11.8 Å². The van der Waals surface area contributed by atoms with Crippen LogP contribution in [0.2, 0.25) is 5.02 Å². The van der Waals surface area contributed by atoms with Crippen molar-refractivity contribution in [3.8, 4) is 0 Å². The number of rotatable bonds is 1. The third-order valence-corrected chi connectivity index (χ3v) is 2.89. The van der Waals surface area contributed by atoms with Crippen LogP contribution in [0.3, 0.4) is 0 Å². The van der Waals surface area contributed by atoms with E-state index in [9.17, 15) is 4.79 Å². The summed E-state index contributed by atoms with van der Waals surface area (Å²) in [4.78, 5) is 14.7. The van der Waals surface area contributed by atoms with E-state index in [1.54, 1.807) is 12.1 Å². The Hall–Kier alpha value is -0.800. The van der Waals surface area contributed by atoms with E-state index in [4.69, 9.17) is 11.6 Å². The van der Waals surface area contributed by atoms with Crippen LogP contribution in [-0.2, 0) is 4.79 Å². The van der Waals surface area contributed by atoms with Crippen molar-refractivity contribution < 1.29 is 4.79 Å². The van der Waals surface area contributed by atoms with Gasteiger partial charge in [-0.25, -0.2) is 4.99 Å². The molecular weight excluding hydrogens is 206 g/mol. The summed E-state index contributed by atoms with van der Waals surface area (Å²) in [6.07, 6.45) is 0. The summed E-state index contributed by atoms with van der Waals surface area (Å²) in [5.74, 6) is 0.396. The largest absolute Gasteiger partial charge is 0.272 e. The summed E-state index contributed by atoms with van der Waals surface area (Å²) in [5, 5.41) is 1.49. The van der Waals surface area contributed by atoms with Gasteiger partial charge < -0.3 is 0 Å². The third-order valence-electron chi connectivity index (χ3n) is 1.65. The van der Waals surface area contributed by atoms with Crippen LogP contribution in [0.1, 0.15) is 5.56 Å². The summed E-state index contributed by atoms with van der Waals surface area (Å²) >= 11 is 7.20. The lowest BCUT2D eigenvalue weighted by Crippen LogP contribution is -1.90. The van der Waals surface area contributed by atoms with E-state index >= 15 is 0 Å². The van der Waals surface area contributed by atoms with E-state index < -0.39 is 0 Å². The summed E-state index contributed by atoms with van der Waals surface area (Å²) in [5.41, 5.74) is 0.959. The van der Waals surface area contributed by atoms with Gasteiger partial charge in [-0.2, -0.15) is 0 Å². The predicted molar refractivity (Wildman–Crippen MR) is 55.5 cm³/mol. The van der Waals surface area contributed by atoms with E-state index in [-0.39, 0.29) is 5.91 Å². The van der Waals surface area contributed by atoms with Gasteiger partial charge in [0.05, 0.1) is 5.75 Å². The molecule has 66 valence electrons. The molecule has 0 saturated heterocycles. The number of carbonyl (C=O) groups excluding carboxylic acids is 1. The second-order valence-electron chi connectivity index (χ2n) is 2.61. The number of carbonyl (C=O) groups is 1. The summed E-state index contributed by atoms with van der Waals surface area (Å²) < 4.78 is 0. The molecule has 0 fully saturated rings. The fourth-order valence-corrected chi connectivity index (χ4v) is 1.97. The molecule has 1 aliphatic rings. The van der Waals surface area contributed by atoms with Crippen LogP contribution in [-0.4, -0.2) is 16.7 Å². The van der Waals surface area contributed by atoms with Crippen molar-refractivity contribution in [2.45, 2.75) is 0 Å². The zero-order valence-corrected chi connectivity index (χ0v) is 8.23. The topological polar surface area (TPSA) is 29.4 Å². The minimum Gasteiger partial charge on any atom is -0.272 e. The Morgan fingerprint density at radius 2 is 2.00 bits per heavy atom. The van der Waals surface area contributed by atoms with E-state index in [1.807, 2.05) is 12.1 Å². The normalized spacial score (nSPS) is 16.1. The number of nitrogens with zero attached hydrogens (tertiary/aromatic N) is 1. The smallest absolute Gasteiger partial charge is 0.257 e. The Morgan fingerprint density at radius 3 is 2.54 bits per heavy atom. The Bertz CT molecular complexity index is 372. The molecule has 0 unspecified atom stereocenters. The van der Waals surface area contributed by atoms with Crippen molar-refractivity contribution >= 4 is 34.3 Å². The monoisotopic (exact) mass is 211 g/mol. The maximum atomic E-state index is 10.9. The maximum absolute atomic E-state index is 10.9. The second-order valence-corrected chi connectivity index (χ2v) is 4.01. The Balaban J connectivity index is 2.31. The molecule has 0 aromatic heterocycles. The fraction of sp³-hybridized carbons (Fsp3) is 0.111. The van der Waals surface area contributed by atoms with Crippen molar-refractivity contribution in [1.29, 1.82) is 0 Å². The van der Waals surface area contributed by atoms with Gasteiger partial charge in [0.15, 0.2) is 0 Å². The number of halogens is 1. The lowest BCUT2D eigenvalue weighted by atomic mass is 10.2. The molecule has 0 bridgehead atoms. The molecule has 0 aliphatic carbocycles. The molecule has 1 amide bonds. The Labute approximate surface area is 85.0 Å². The van der Waals surface area contributed by atoms with Crippen LogP contribution in [0.25, 0.3) is 0 Å². The first-order valence-electron chi connectivity index (χ1n) is 3.76. The van der Waals surface area contributed by atoms with Gasteiger partial charge in [0, 0.05) is 10.6 Å². The molecule has 1 aromatic carbocycles. The van der Waals surface area contributed by atoms with Crippen molar-refractivity contribution in [3.05, 3.63) is 34.9 Å². The Morgan fingerprint density at radius 1 is 1.31 bits per heavy atom. The van der Waals surface area contributed by atoms with Crippen LogP contribution in [0.4, 0.5) is 0 Å². The summed E-state index contributed by atoms with van der Waals surface area (Å²) in [6.45, 7) is 0. The molecule has 0 atom stereocenters. The highest BCUT2D eigenvalue weighted by molar-refractivity contribution is 8.15. The molecule has 0 N–H and O–H groups in total. The van der Waals surface area contributed by atoms with Gasteiger partial charge in [-0.1, -0.05) is 35.5 Å². The van der Waals surface area contributed by atoms with Crippen LogP contribution < -0.4 is 0 Å². The molecule has 0 spiro atoms. The second kappa shape index (κ2) is 3.52. The predicted octanol–water partition coefficient (Wildman–Crippen LogP) is 2.36. The van der Waals surface area contributed by atoms with Gasteiger partial charge in [0.2, 0.25) is 0 Å². The number of hydrogen-bond donors (Lipinski definition) is 0. The molecule has 0 radical (unpaired) electrons. The van der Waals surface area contributed by atoms with E-state index in [2.05, 4.69) is 4.99 Å². The average Bonchev–Trinajstić information content (AvgIpc) is 2.53. The van der Waals surface area contributed by atoms with Crippen LogP contribution in [0.5, 0.6) is 0 Å². The highest BCUT2D eigenvalue weighted by Gasteiger charge is 2.15. The lowest BCUT2D eigenvalue weighted by Gasteiger charge is -1.97.